The quantitative estimate of drug-likeness (QED) is 0.395. The maximum absolute atomic E-state index is 10.0. The number of methoxy groups -OCH3 is 2. The molecule has 0 spiro atoms. The summed E-state index contributed by atoms with van der Waals surface area (Å²) in [4.78, 5) is 11.1. The number of H-pyrrole nitrogens is 1. The number of aromatic amines is 1. The second kappa shape index (κ2) is 8.76. The molecule has 1 unspecified atom stereocenters. The van der Waals surface area contributed by atoms with Crippen LogP contribution < -0.4 is 9.47 Å². The molecule has 4 aromatic rings. The molecule has 2 aliphatic heterocycles. The maximum atomic E-state index is 10.0. The smallest absolute Gasteiger partial charge is 0.161 e. The van der Waals surface area contributed by atoms with Crippen molar-refractivity contribution in [3.63, 3.8) is 0 Å². The number of ether oxygens (including phenoxy) is 2. The molecule has 0 bridgehead atoms. The number of hydrogen-bond donors (Lipinski definition) is 2. The van der Waals surface area contributed by atoms with E-state index in [0.29, 0.717) is 23.6 Å². The molecule has 6 rings (SSSR count). The molecule has 0 amide bonds. The molecule has 182 valence electrons. The maximum Gasteiger partial charge on any atom is 0.161 e. The minimum absolute atomic E-state index is 0.290. The Kier molecular flexibility index (Phi) is 5.56. The number of nitrogens with zero attached hydrogens (tertiary/aromatic N) is 2. The number of aromatic hydroxyl groups is 1. The van der Waals surface area contributed by atoms with Crippen LogP contribution in [0.5, 0.6) is 17.2 Å². The van der Waals surface area contributed by atoms with Crippen LogP contribution >= 0.6 is 0 Å². The fourth-order valence-electron chi connectivity index (χ4n) is 6.49. The molecule has 1 saturated heterocycles. The predicted molar refractivity (Wildman–Crippen MR) is 138 cm³/mol. The van der Waals surface area contributed by atoms with Gasteiger partial charge >= 0.3 is 0 Å². The van der Waals surface area contributed by atoms with Crippen molar-refractivity contribution in [3.8, 4) is 17.2 Å². The van der Waals surface area contributed by atoms with Crippen LogP contribution in [0, 0.1) is 11.8 Å². The molecular weight excluding hydrogens is 438 g/mol. The summed E-state index contributed by atoms with van der Waals surface area (Å²) in [6.45, 7) is 4.54. The van der Waals surface area contributed by atoms with E-state index in [-0.39, 0.29) is 0 Å². The van der Waals surface area contributed by atoms with Crippen molar-refractivity contribution < 1.29 is 14.6 Å². The van der Waals surface area contributed by atoms with Crippen molar-refractivity contribution in [2.24, 2.45) is 11.8 Å². The fourth-order valence-corrected chi connectivity index (χ4v) is 6.49. The predicted octanol–water partition coefficient (Wildman–Crippen LogP) is 5.63. The van der Waals surface area contributed by atoms with Gasteiger partial charge in [-0.05, 0) is 78.6 Å². The highest BCUT2D eigenvalue weighted by atomic mass is 16.5. The van der Waals surface area contributed by atoms with E-state index in [2.05, 4.69) is 28.9 Å². The van der Waals surface area contributed by atoms with Crippen LogP contribution in [0.1, 0.15) is 42.6 Å². The van der Waals surface area contributed by atoms with Gasteiger partial charge in [-0.3, -0.25) is 9.88 Å². The number of benzene rings is 2. The van der Waals surface area contributed by atoms with Crippen LogP contribution in [-0.2, 0) is 12.8 Å². The normalized spacial score (nSPS) is 22.2. The number of nitrogens with one attached hydrogen (secondary N) is 1. The monoisotopic (exact) mass is 471 g/mol. The summed E-state index contributed by atoms with van der Waals surface area (Å²) in [6.07, 6.45) is 6.19. The third-order valence-corrected chi connectivity index (χ3v) is 8.34. The minimum Gasteiger partial charge on any atom is -0.508 e. The lowest BCUT2D eigenvalue weighted by Gasteiger charge is -2.47. The zero-order valence-corrected chi connectivity index (χ0v) is 20.7. The lowest BCUT2D eigenvalue weighted by atomic mass is 9.74. The summed E-state index contributed by atoms with van der Waals surface area (Å²) < 4.78 is 11.2. The molecule has 0 radical (unpaired) electrons. The molecule has 0 saturated carbocycles. The van der Waals surface area contributed by atoms with Gasteiger partial charge in [-0.2, -0.15) is 0 Å². The lowest BCUT2D eigenvalue weighted by molar-refractivity contribution is 0.0517. The van der Waals surface area contributed by atoms with Gasteiger partial charge in [0.1, 0.15) is 5.75 Å². The Morgan fingerprint density at radius 1 is 1.06 bits per heavy atom. The van der Waals surface area contributed by atoms with E-state index >= 15 is 0 Å². The van der Waals surface area contributed by atoms with Crippen LogP contribution in [0.4, 0.5) is 0 Å². The number of phenols is 1. The van der Waals surface area contributed by atoms with Gasteiger partial charge in [0.2, 0.25) is 0 Å². The van der Waals surface area contributed by atoms with E-state index in [1.54, 1.807) is 20.3 Å². The highest BCUT2D eigenvalue weighted by molar-refractivity contribution is 6.08. The lowest BCUT2D eigenvalue weighted by Crippen LogP contribution is -2.46. The van der Waals surface area contributed by atoms with Gasteiger partial charge in [0.25, 0.3) is 0 Å². The van der Waals surface area contributed by atoms with Gasteiger partial charge < -0.3 is 19.6 Å². The SMILES string of the molecule is CC[C@H]1CN2CCc3cc(OC)c(OC)cc3C2C[C@@H]1Cc1nccc2c1[nH]c1ccc(O)cc12. The zero-order chi connectivity index (χ0) is 24.1. The van der Waals surface area contributed by atoms with Gasteiger partial charge in [0.05, 0.1) is 25.4 Å². The van der Waals surface area contributed by atoms with Gasteiger partial charge in [-0.25, -0.2) is 0 Å². The molecule has 2 aromatic carbocycles. The summed E-state index contributed by atoms with van der Waals surface area (Å²) in [7, 11) is 3.43. The van der Waals surface area contributed by atoms with E-state index in [1.807, 2.05) is 24.4 Å². The highest BCUT2D eigenvalue weighted by Gasteiger charge is 2.39. The standard InChI is InChI=1S/C29H33N3O3/c1-4-17-16-32-10-8-18-13-27(34-2)28(35-3)15-22(18)26(32)12-19(17)11-25-29-21(7-9-30-25)23-14-20(33)5-6-24(23)31-29/h5-7,9,13-15,17,19,26,31,33H,4,8,10-12,16H2,1-3H3/t17-,19-,26?/m0/s1. The first kappa shape index (κ1) is 22.2. The van der Waals surface area contributed by atoms with Gasteiger partial charge in [0, 0.05) is 41.6 Å². The number of phenolic OH excluding ortho intramolecular Hbond substituents is 1. The van der Waals surface area contributed by atoms with Crippen molar-refractivity contribution in [1.82, 2.24) is 14.9 Å². The number of hydrogen-bond acceptors (Lipinski definition) is 5. The average Bonchev–Trinajstić information content (AvgIpc) is 3.26. The van der Waals surface area contributed by atoms with Crippen LogP contribution in [0.3, 0.4) is 0 Å². The van der Waals surface area contributed by atoms with Gasteiger partial charge in [0.15, 0.2) is 11.5 Å². The van der Waals surface area contributed by atoms with E-state index in [1.165, 1.54) is 17.5 Å². The summed E-state index contributed by atoms with van der Waals surface area (Å²) >= 11 is 0. The molecule has 1 fully saturated rings. The van der Waals surface area contributed by atoms with E-state index in [0.717, 1.165) is 71.4 Å². The van der Waals surface area contributed by atoms with Crippen LogP contribution in [-0.4, -0.2) is 47.3 Å². The first-order valence-electron chi connectivity index (χ1n) is 12.7. The van der Waals surface area contributed by atoms with E-state index in [4.69, 9.17) is 14.5 Å². The first-order valence-corrected chi connectivity index (χ1v) is 12.7. The number of fused-ring (bicyclic) bond motifs is 6. The zero-order valence-electron chi connectivity index (χ0n) is 20.7. The molecule has 2 aromatic heterocycles. The molecule has 6 heteroatoms. The first-order chi connectivity index (χ1) is 17.1. The number of rotatable bonds is 5. The molecule has 35 heavy (non-hydrogen) atoms. The Morgan fingerprint density at radius 2 is 1.89 bits per heavy atom. The Balaban J connectivity index is 1.36. The third kappa shape index (κ3) is 3.71. The van der Waals surface area contributed by atoms with Crippen molar-refractivity contribution in [2.75, 3.05) is 27.3 Å². The molecule has 0 aliphatic carbocycles. The molecule has 2 aliphatic rings. The van der Waals surface area contributed by atoms with Crippen LogP contribution in [0.25, 0.3) is 21.8 Å². The second-order valence-corrected chi connectivity index (χ2v) is 10.1. The highest BCUT2D eigenvalue weighted by Crippen LogP contribution is 2.46. The van der Waals surface area contributed by atoms with Crippen molar-refractivity contribution >= 4 is 21.8 Å². The molecule has 4 heterocycles. The van der Waals surface area contributed by atoms with Crippen molar-refractivity contribution in [3.05, 3.63) is 59.4 Å². The number of piperidine rings is 1. The number of pyridine rings is 1. The third-order valence-electron chi connectivity index (χ3n) is 8.34. The Morgan fingerprint density at radius 3 is 2.69 bits per heavy atom. The van der Waals surface area contributed by atoms with Crippen LogP contribution in [0.15, 0.2) is 42.6 Å². The summed E-state index contributed by atoms with van der Waals surface area (Å²) in [6, 6.07) is 12.3. The number of aromatic nitrogens is 2. The van der Waals surface area contributed by atoms with Crippen LogP contribution in [0.2, 0.25) is 0 Å². The second-order valence-electron chi connectivity index (χ2n) is 10.1. The Hall–Kier alpha value is -3.25. The summed E-state index contributed by atoms with van der Waals surface area (Å²) in [5, 5.41) is 12.2. The van der Waals surface area contributed by atoms with Crippen molar-refractivity contribution in [2.45, 2.75) is 38.6 Å². The Labute approximate surface area is 205 Å². The summed E-state index contributed by atoms with van der Waals surface area (Å²) in [5.41, 5.74) is 6.03. The summed E-state index contributed by atoms with van der Waals surface area (Å²) in [5.74, 6) is 3.10. The largest absolute Gasteiger partial charge is 0.508 e. The average molecular weight is 472 g/mol. The van der Waals surface area contributed by atoms with Gasteiger partial charge in [-0.1, -0.05) is 13.3 Å². The van der Waals surface area contributed by atoms with Crippen molar-refractivity contribution in [1.29, 1.82) is 0 Å². The minimum atomic E-state index is 0.290. The molecule has 2 N–H and O–H groups in total. The molecule has 3 atom stereocenters. The molecular formula is C29H33N3O3. The van der Waals surface area contributed by atoms with E-state index < -0.39 is 0 Å². The molecule has 6 nitrogen and oxygen atoms in total. The van der Waals surface area contributed by atoms with Gasteiger partial charge in [-0.15, -0.1) is 0 Å². The fraction of sp³-hybridized carbons (Fsp3) is 0.414. The topological polar surface area (TPSA) is 70.6 Å². The Bertz CT molecular complexity index is 1400. The van der Waals surface area contributed by atoms with E-state index in [9.17, 15) is 5.11 Å².